The van der Waals surface area contributed by atoms with Gasteiger partial charge in [-0.2, -0.15) is 16.9 Å². The number of aromatic nitrogens is 5. The molecule has 8 nitrogen and oxygen atoms in total. The SMILES string of the molecule is CSC(C)C(=O)Nc1ccnc(-c2cc(-c3ccon3)n(Cc3ccccc3F)n2)n1. The summed E-state index contributed by atoms with van der Waals surface area (Å²) in [5.41, 5.74) is 2.12. The van der Waals surface area contributed by atoms with Crippen LogP contribution in [0.5, 0.6) is 0 Å². The molecule has 0 spiro atoms. The van der Waals surface area contributed by atoms with Crippen LogP contribution in [0.25, 0.3) is 22.9 Å². The molecule has 1 unspecified atom stereocenters. The maximum atomic E-state index is 14.2. The van der Waals surface area contributed by atoms with Crippen molar-refractivity contribution in [3.8, 4) is 22.9 Å². The average molecular weight is 438 g/mol. The van der Waals surface area contributed by atoms with Gasteiger partial charge in [-0.05, 0) is 31.4 Å². The first kappa shape index (κ1) is 20.7. The highest BCUT2D eigenvalue weighted by Crippen LogP contribution is 2.25. The van der Waals surface area contributed by atoms with Crippen LogP contribution in [0.1, 0.15) is 12.5 Å². The third kappa shape index (κ3) is 4.64. The standard InChI is InChI=1S/C21H19FN6O2S/c1-13(31-2)21(29)25-19-7-9-23-20(24-19)17-11-18(16-8-10-30-27-16)28(26-17)12-14-5-3-4-6-15(14)22/h3-11,13H,12H2,1-2H3,(H,23,24,25,29). The van der Waals surface area contributed by atoms with Crippen LogP contribution in [0.15, 0.2) is 59.4 Å². The molecule has 1 atom stereocenters. The van der Waals surface area contributed by atoms with Crippen LogP contribution in [-0.4, -0.2) is 42.3 Å². The van der Waals surface area contributed by atoms with Crippen molar-refractivity contribution in [2.45, 2.75) is 18.7 Å². The monoisotopic (exact) mass is 438 g/mol. The zero-order chi connectivity index (χ0) is 21.8. The fourth-order valence-corrected chi connectivity index (χ4v) is 3.15. The first-order valence-electron chi connectivity index (χ1n) is 9.44. The number of halogens is 1. The molecule has 4 aromatic rings. The van der Waals surface area contributed by atoms with Gasteiger partial charge in [-0.1, -0.05) is 23.4 Å². The first-order valence-corrected chi connectivity index (χ1v) is 10.7. The second kappa shape index (κ2) is 9.09. The van der Waals surface area contributed by atoms with Gasteiger partial charge in [0.2, 0.25) is 5.91 Å². The highest BCUT2D eigenvalue weighted by molar-refractivity contribution is 7.99. The third-order valence-corrected chi connectivity index (χ3v) is 5.54. The fraction of sp³-hybridized carbons (Fsp3) is 0.190. The molecule has 0 aliphatic rings. The van der Waals surface area contributed by atoms with E-state index in [9.17, 15) is 9.18 Å². The summed E-state index contributed by atoms with van der Waals surface area (Å²) in [4.78, 5) is 20.9. The zero-order valence-electron chi connectivity index (χ0n) is 16.8. The molecule has 1 aromatic carbocycles. The minimum Gasteiger partial charge on any atom is -0.364 e. The Morgan fingerprint density at radius 3 is 2.84 bits per heavy atom. The molecule has 3 heterocycles. The normalized spacial score (nSPS) is 12.0. The lowest BCUT2D eigenvalue weighted by molar-refractivity contribution is -0.115. The van der Waals surface area contributed by atoms with Crippen molar-refractivity contribution >= 4 is 23.5 Å². The van der Waals surface area contributed by atoms with E-state index in [0.29, 0.717) is 34.3 Å². The average Bonchev–Trinajstić information content (AvgIpc) is 3.45. The molecule has 10 heteroatoms. The van der Waals surface area contributed by atoms with E-state index in [1.54, 1.807) is 47.3 Å². The molecule has 0 fully saturated rings. The van der Waals surface area contributed by atoms with Crippen molar-refractivity contribution in [3.63, 3.8) is 0 Å². The van der Waals surface area contributed by atoms with Crippen LogP contribution in [0, 0.1) is 5.82 Å². The predicted octanol–water partition coefficient (Wildman–Crippen LogP) is 3.87. The molecule has 0 aliphatic carbocycles. The van der Waals surface area contributed by atoms with Crippen molar-refractivity contribution in [1.82, 2.24) is 24.9 Å². The lowest BCUT2D eigenvalue weighted by Crippen LogP contribution is -2.22. The van der Waals surface area contributed by atoms with Gasteiger partial charge >= 0.3 is 0 Å². The number of carbonyl (C=O) groups excluding carboxylic acids is 1. The summed E-state index contributed by atoms with van der Waals surface area (Å²) in [6, 6.07) is 11.6. The minimum absolute atomic E-state index is 0.148. The Morgan fingerprint density at radius 1 is 1.26 bits per heavy atom. The molecular weight excluding hydrogens is 419 g/mol. The summed E-state index contributed by atoms with van der Waals surface area (Å²) in [6.07, 6.45) is 4.87. The molecule has 4 rings (SSSR count). The van der Waals surface area contributed by atoms with Gasteiger partial charge in [0.25, 0.3) is 0 Å². The van der Waals surface area contributed by atoms with Crippen molar-refractivity contribution in [2.24, 2.45) is 0 Å². The molecule has 158 valence electrons. The first-order chi connectivity index (χ1) is 15.0. The summed E-state index contributed by atoms with van der Waals surface area (Å²) in [6.45, 7) is 2.01. The fourth-order valence-electron chi connectivity index (χ4n) is 2.87. The van der Waals surface area contributed by atoms with Gasteiger partial charge in [0, 0.05) is 17.8 Å². The summed E-state index contributed by atoms with van der Waals surface area (Å²) in [5, 5.41) is 11.1. The predicted molar refractivity (Wildman–Crippen MR) is 116 cm³/mol. The van der Waals surface area contributed by atoms with Gasteiger partial charge in [-0.25, -0.2) is 14.4 Å². The van der Waals surface area contributed by atoms with Crippen molar-refractivity contribution in [2.75, 3.05) is 11.6 Å². The Labute approximate surface area is 181 Å². The molecule has 1 amide bonds. The molecule has 0 saturated heterocycles. The Hall–Kier alpha value is -3.53. The maximum absolute atomic E-state index is 14.2. The van der Waals surface area contributed by atoms with Gasteiger partial charge < -0.3 is 9.84 Å². The number of carbonyl (C=O) groups is 1. The van der Waals surface area contributed by atoms with E-state index >= 15 is 0 Å². The summed E-state index contributed by atoms with van der Waals surface area (Å²) in [5.74, 6) is 0.231. The molecule has 31 heavy (non-hydrogen) atoms. The van der Waals surface area contributed by atoms with Gasteiger partial charge in [-0.15, -0.1) is 0 Å². The van der Waals surface area contributed by atoms with E-state index in [1.807, 2.05) is 13.2 Å². The Morgan fingerprint density at radius 2 is 2.10 bits per heavy atom. The molecule has 0 aliphatic heterocycles. The number of hydrogen-bond acceptors (Lipinski definition) is 7. The van der Waals surface area contributed by atoms with Crippen molar-refractivity contribution in [1.29, 1.82) is 0 Å². The number of benzene rings is 1. The van der Waals surface area contributed by atoms with E-state index in [2.05, 4.69) is 25.5 Å². The molecule has 1 N–H and O–H groups in total. The van der Waals surface area contributed by atoms with Gasteiger partial charge in [0.15, 0.2) is 5.82 Å². The number of amides is 1. The smallest absolute Gasteiger partial charge is 0.238 e. The highest BCUT2D eigenvalue weighted by Gasteiger charge is 2.18. The van der Waals surface area contributed by atoms with Crippen LogP contribution in [-0.2, 0) is 11.3 Å². The highest BCUT2D eigenvalue weighted by atomic mass is 32.2. The second-order valence-corrected chi connectivity index (χ2v) is 7.86. The number of anilines is 1. The third-order valence-electron chi connectivity index (χ3n) is 4.62. The molecular formula is C21H19FN6O2S. The molecule has 0 saturated carbocycles. The van der Waals surface area contributed by atoms with E-state index in [-0.39, 0.29) is 23.5 Å². The molecule has 0 bridgehead atoms. The maximum Gasteiger partial charge on any atom is 0.238 e. The molecule has 0 radical (unpaired) electrons. The number of nitrogens with one attached hydrogen (secondary N) is 1. The summed E-state index contributed by atoms with van der Waals surface area (Å²) in [7, 11) is 0. The largest absolute Gasteiger partial charge is 0.364 e. The number of nitrogens with zero attached hydrogens (tertiary/aromatic N) is 5. The van der Waals surface area contributed by atoms with Crippen LogP contribution in [0.2, 0.25) is 0 Å². The summed E-state index contributed by atoms with van der Waals surface area (Å²) >= 11 is 1.44. The van der Waals surface area contributed by atoms with Gasteiger partial charge in [0.05, 0.1) is 17.5 Å². The van der Waals surface area contributed by atoms with Crippen LogP contribution in [0.4, 0.5) is 10.2 Å². The van der Waals surface area contributed by atoms with Crippen molar-refractivity contribution in [3.05, 3.63) is 66.3 Å². The number of thioether (sulfide) groups is 1. The second-order valence-electron chi connectivity index (χ2n) is 6.68. The van der Waals surface area contributed by atoms with Crippen LogP contribution < -0.4 is 5.32 Å². The van der Waals surface area contributed by atoms with Crippen LogP contribution in [0.3, 0.4) is 0 Å². The van der Waals surface area contributed by atoms with E-state index in [1.165, 1.54) is 24.1 Å². The van der Waals surface area contributed by atoms with Gasteiger partial charge in [-0.3, -0.25) is 9.48 Å². The van der Waals surface area contributed by atoms with E-state index < -0.39 is 0 Å². The Kier molecular flexibility index (Phi) is 6.08. The van der Waals surface area contributed by atoms with Crippen LogP contribution >= 0.6 is 11.8 Å². The molecule has 3 aromatic heterocycles. The Bertz CT molecular complexity index is 1190. The zero-order valence-corrected chi connectivity index (χ0v) is 17.6. The topological polar surface area (TPSA) is 98.7 Å². The Balaban J connectivity index is 1.69. The summed E-state index contributed by atoms with van der Waals surface area (Å²) < 4.78 is 20.8. The van der Waals surface area contributed by atoms with E-state index in [4.69, 9.17) is 4.52 Å². The quantitative estimate of drug-likeness (QED) is 0.468. The van der Waals surface area contributed by atoms with E-state index in [0.717, 1.165) is 0 Å². The lowest BCUT2D eigenvalue weighted by Gasteiger charge is -2.09. The van der Waals surface area contributed by atoms with Gasteiger partial charge in [0.1, 0.15) is 29.3 Å². The lowest BCUT2D eigenvalue weighted by atomic mass is 10.2. The number of rotatable bonds is 7. The number of hydrogen-bond donors (Lipinski definition) is 1. The van der Waals surface area contributed by atoms with Crippen molar-refractivity contribution < 1.29 is 13.7 Å². The minimum atomic E-state index is -0.325.